The second-order valence-electron chi connectivity index (χ2n) is 3.43. The zero-order valence-corrected chi connectivity index (χ0v) is 9.23. The second kappa shape index (κ2) is 5.12. The van der Waals surface area contributed by atoms with Crippen LogP contribution in [0.4, 0.5) is 8.78 Å². The Morgan fingerprint density at radius 1 is 1.31 bits per heavy atom. The van der Waals surface area contributed by atoms with Crippen LogP contribution in [0.5, 0.6) is 0 Å². The highest BCUT2D eigenvalue weighted by Gasteiger charge is 2.16. The van der Waals surface area contributed by atoms with Crippen LogP contribution in [-0.4, -0.2) is 12.5 Å². The molecule has 0 amide bonds. The molecule has 1 aliphatic rings. The second-order valence-corrected chi connectivity index (χ2v) is 3.43. The van der Waals surface area contributed by atoms with E-state index in [0.717, 1.165) is 12.5 Å². The van der Waals surface area contributed by atoms with Crippen molar-refractivity contribution >= 4 is 18.4 Å². The van der Waals surface area contributed by atoms with Crippen LogP contribution in [0.25, 0.3) is 0 Å². The minimum atomic E-state index is -0.838. The van der Waals surface area contributed by atoms with Crippen LogP contribution in [0, 0.1) is 11.6 Å². The number of nitrogens with one attached hydrogen (secondary N) is 1. The van der Waals surface area contributed by atoms with Crippen LogP contribution in [0.2, 0.25) is 0 Å². The van der Waals surface area contributed by atoms with Crippen molar-refractivity contribution in [1.29, 1.82) is 0 Å². The van der Waals surface area contributed by atoms with Crippen molar-refractivity contribution in [2.24, 2.45) is 10.7 Å². The standard InChI is InChI=1S/C10H11F2N3.ClH/c11-7-2-1-6(5-8(7)12)9-3-4-14-10(13)15-9;/h1-2,5,9H,3-4H2,(H3,13,14,15);1H. The molecule has 1 aliphatic heterocycles. The van der Waals surface area contributed by atoms with Gasteiger partial charge in [-0.25, -0.2) is 8.78 Å². The Balaban J connectivity index is 0.00000128. The Morgan fingerprint density at radius 3 is 2.69 bits per heavy atom. The van der Waals surface area contributed by atoms with E-state index in [1.807, 2.05) is 0 Å². The Labute approximate surface area is 98.2 Å². The molecule has 0 saturated heterocycles. The maximum absolute atomic E-state index is 13.0. The molecule has 0 saturated carbocycles. The Morgan fingerprint density at radius 2 is 2.06 bits per heavy atom. The van der Waals surface area contributed by atoms with Gasteiger partial charge in [0, 0.05) is 6.54 Å². The van der Waals surface area contributed by atoms with Gasteiger partial charge in [0.15, 0.2) is 17.6 Å². The summed E-state index contributed by atoms with van der Waals surface area (Å²) < 4.78 is 25.7. The van der Waals surface area contributed by atoms with Crippen LogP contribution in [0.1, 0.15) is 18.0 Å². The third-order valence-corrected chi connectivity index (χ3v) is 2.37. The van der Waals surface area contributed by atoms with Gasteiger partial charge in [-0.05, 0) is 24.1 Å². The summed E-state index contributed by atoms with van der Waals surface area (Å²) in [6.07, 6.45) is 0.728. The van der Waals surface area contributed by atoms with Gasteiger partial charge in [-0.3, -0.25) is 4.99 Å². The van der Waals surface area contributed by atoms with Crippen LogP contribution in [0.3, 0.4) is 0 Å². The van der Waals surface area contributed by atoms with Crippen LogP contribution in [-0.2, 0) is 0 Å². The molecule has 0 bridgehead atoms. The minimum Gasteiger partial charge on any atom is -0.370 e. The topological polar surface area (TPSA) is 50.4 Å². The molecule has 0 radical (unpaired) electrons. The fraction of sp³-hybridized carbons (Fsp3) is 0.300. The number of guanidine groups is 1. The molecule has 0 aromatic heterocycles. The predicted octanol–water partition coefficient (Wildman–Crippen LogP) is 1.74. The Hall–Kier alpha value is -1.36. The lowest BCUT2D eigenvalue weighted by molar-refractivity contribution is 0.499. The molecule has 1 heterocycles. The molecule has 88 valence electrons. The smallest absolute Gasteiger partial charge is 0.189 e. The van der Waals surface area contributed by atoms with Gasteiger partial charge in [-0.2, -0.15) is 0 Å². The van der Waals surface area contributed by atoms with Gasteiger partial charge in [0.05, 0.1) is 6.04 Å². The number of hydrogen-bond acceptors (Lipinski definition) is 3. The largest absolute Gasteiger partial charge is 0.370 e. The third kappa shape index (κ3) is 2.61. The van der Waals surface area contributed by atoms with E-state index in [0.29, 0.717) is 18.1 Å². The van der Waals surface area contributed by atoms with Gasteiger partial charge in [-0.15, -0.1) is 12.4 Å². The summed E-state index contributed by atoms with van der Waals surface area (Å²) in [5, 5.41) is 2.92. The molecule has 3 N–H and O–H groups in total. The van der Waals surface area contributed by atoms with E-state index >= 15 is 0 Å². The van der Waals surface area contributed by atoms with Crippen molar-refractivity contribution in [1.82, 2.24) is 5.32 Å². The van der Waals surface area contributed by atoms with Gasteiger partial charge in [0.25, 0.3) is 0 Å². The van der Waals surface area contributed by atoms with Gasteiger partial charge in [0.2, 0.25) is 0 Å². The maximum Gasteiger partial charge on any atom is 0.189 e. The van der Waals surface area contributed by atoms with Crippen LogP contribution in [0.15, 0.2) is 23.2 Å². The SMILES string of the molecule is Cl.NC1=NCCC(c2ccc(F)c(F)c2)N1. The Bertz CT molecular complexity index is 409. The summed E-state index contributed by atoms with van der Waals surface area (Å²) in [5.41, 5.74) is 6.19. The summed E-state index contributed by atoms with van der Waals surface area (Å²) in [6.45, 7) is 0.600. The molecule has 3 nitrogen and oxygen atoms in total. The molecule has 2 rings (SSSR count). The normalized spacial score (nSPS) is 19.4. The van der Waals surface area contributed by atoms with Crippen molar-refractivity contribution in [3.63, 3.8) is 0 Å². The zero-order chi connectivity index (χ0) is 10.8. The predicted molar refractivity (Wildman–Crippen MR) is 60.6 cm³/mol. The molecule has 0 fully saturated rings. The lowest BCUT2D eigenvalue weighted by Gasteiger charge is -2.22. The molecule has 0 aliphatic carbocycles. The summed E-state index contributed by atoms with van der Waals surface area (Å²) in [4.78, 5) is 3.96. The number of nitrogens with zero attached hydrogens (tertiary/aromatic N) is 1. The fourth-order valence-electron chi connectivity index (χ4n) is 1.59. The van der Waals surface area contributed by atoms with Crippen LogP contribution < -0.4 is 11.1 Å². The number of rotatable bonds is 1. The summed E-state index contributed by atoms with van der Waals surface area (Å²) >= 11 is 0. The first kappa shape index (κ1) is 12.7. The van der Waals surface area contributed by atoms with E-state index in [4.69, 9.17) is 5.73 Å². The lowest BCUT2D eigenvalue weighted by Crippen LogP contribution is -2.38. The van der Waals surface area contributed by atoms with Crippen molar-refractivity contribution in [3.8, 4) is 0 Å². The summed E-state index contributed by atoms with van der Waals surface area (Å²) in [6, 6.07) is 3.77. The van der Waals surface area contributed by atoms with Gasteiger partial charge >= 0.3 is 0 Å². The molecule has 1 unspecified atom stereocenters. The first-order valence-electron chi connectivity index (χ1n) is 4.68. The molecule has 0 spiro atoms. The van der Waals surface area contributed by atoms with Crippen molar-refractivity contribution < 1.29 is 8.78 Å². The van der Waals surface area contributed by atoms with Gasteiger partial charge < -0.3 is 11.1 Å². The molecular formula is C10H12ClF2N3. The zero-order valence-electron chi connectivity index (χ0n) is 8.41. The van der Waals surface area contributed by atoms with E-state index in [-0.39, 0.29) is 18.4 Å². The number of hydrogen-bond donors (Lipinski definition) is 2. The van der Waals surface area contributed by atoms with E-state index in [2.05, 4.69) is 10.3 Å². The Kier molecular flexibility index (Phi) is 4.06. The highest BCUT2D eigenvalue weighted by molar-refractivity contribution is 5.85. The minimum absolute atomic E-state index is 0. The third-order valence-electron chi connectivity index (χ3n) is 2.37. The van der Waals surface area contributed by atoms with Gasteiger partial charge in [0.1, 0.15) is 0 Å². The van der Waals surface area contributed by atoms with Crippen molar-refractivity contribution in [2.45, 2.75) is 12.5 Å². The number of halogens is 3. The van der Waals surface area contributed by atoms with Crippen molar-refractivity contribution in [3.05, 3.63) is 35.4 Å². The molecule has 1 atom stereocenters. The summed E-state index contributed by atoms with van der Waals surface area (Å²) in [7, 11) is 0. The maximum atomic E-state index is 13.0. The number of nitrogens with two attached hydrogens (primary N) is 1. The molecule has 1 aromatic carbocycles. The highest BCUT2D eigenvalue weighted by Crippen LogP contribution is 2.20. The van der Waals surface area contributed by atoms with E-state index in [1.54, 1.807) is 6.07 Å². The number of benzene rings is 1. The molecular weight excluding hydrogens is 236 g/mol. The van der Waals surface area contributed by atoms with E-state index in [9.17, 15) is 8.78 Å². The number of aliphatic imine (C=N–C) groups is 1. The highest BCUT2D eigenvalue weighted by atomic mass is 35.5. The average Bonchev–Trinajstić information content (AvgIpc) is 2.22. The quantitative estimate of drug-likeness (QED) is 0.794. The van der Waals surface area contributed by atoms with Gasteiger partial charge in [-0.1, -0.05) is 6.07 Å². The molecule has 6 heteroatoms. The van der Waals surface area contributed by atoms with E-state index < -0.39 is 11.6 Å². The van der Waals surface area contributed by atoms with E-state index in [1.165, 1.54) is 6.07 Å². The summed E-state index contributed by atoms with van der Waals surface area (Å²) in [5.74, 6) is -1.33. The monoisotopic (exact) mass is 247 g/mol. The average molecular weight is 248 g/mol. The lowest BCUT2D eigenvalue weighted by atomic mass is 10.0. The first-order chi connectivity index (χ1) is 7.16. The van der Waals surface area contributed by atoms with Crippen molar-refractivity contribution in [2.75, 3.05) is 6.54 Å². The molecule has 16 heavy (non-hydrogen) atoms. The fourth-order valence-corrected chi connectivity index (χ4v) is 1.59. The first-order valence-corrected chi connectivity index (χ1v) is 4.68. The van der Waals surface area contributed by atoms with Crippen LogP contribution >= 0.6 is 12.4 Å². The molecule has 1 aromatic rings.